The van der Waals surface area contributed by atoms with Crippen molar-refractivity contribution in [3.8, 4) is 5.75 Å². The number of methoxy groups -OCH3 is 1. The summed E-state index contributed by atoms with van der Waals surface area (Å²) in [4.78, 5) is 30.8. The number of halogens is 1. The summed E-state index contributed by atoms with van der Waals surface area (Å²) in [5.74, 6) is -0.0263. The molecule has 2 aliphatic rings. The number of ether oxygens (including phenoxy) is 2. The summed E-state index contributed by atoms with van der Waals surface area (Å²) in [5, 5.41) is 0. The van der Waals surface area contributed by atoms with Gasteiger partial charge < -0.3 is 14.4 Å². The van der Waals surface area contributed by atoms with Gasteiger partial charge in [-0.05, 0) is 37.3 Å². The molecule has 170 valence electrons. The Morgan fingerprint density at radius 2 is 1.78 bits per heavy atom. The highest BCUT2D eigenvalue weighted by atomic mass is 19.1. The third-order valence-corrected chi connectivity index (χ3v) is 6.12. The Morgan fingerprint density at radius 3 is 2.31 bits per heavy atom. The molecule has 0 spiro atoms. The van der Waals surface area contributed by atoms with Gasteiger partial charge in [-0.25, -0.2) is 9.18 Å². The van der Waals surface area contributed by atoms with E-state index in [9.17, 15) is 14.0 Å². The molecule has 0 radical (unpaired) electrons. The lowest BCUT2D eigenvalue weighted by molar-refractivity contribution is -0.0738. The molecule has 4 rings (SSSR count). The summed E-state index contributed by atoms with van der Waals surface area (Å²) >= 11 is 0. The van der Waals surface area contributed by atoms with E-state index >= 15 is 0 Å². The van der Waals surface area contributed by atoms with Gasteiger partial charge in [0.05, 0.1) is 32.9 Å². The number of rotatable bonds is 6. The molecule has 32 heavy (non-hydrogen) atoms. The second-order valence-electron chi connectivity index (χ2n) is 8.14. The van der Waals surface area contributed by atoms with E-state index in [0.717, 1.165) is 26.3 Å². The monoisotopic (exact) mass is 441 g/mol. The van der Waals surface area contributed by atoms with E-state index in [4.69, 9.17) is 9.47 Å². The van der Waals surface area contributed by atoms with Crippen LogP contribution in [0.4, 0.5) is 14.9 Å². The number of carbonyl (C=O) groups excluding carboxylic acids is 2. The molecule has 2 amide bonds. The van der Waals surface area contributed by atoms with Crippen molar-refractivity contribution >= 4 is 17.5 Å². The highest BCUT2D eigenvalue weighted by molar-refractivity contribution is 5.94. The molecule has 0 aromatic heterocycles. The van der Waals surface area contributed by atoms with Crippen LogP contribution < -0.4 is 9.64 Å². The number of nitrogens with zero attached hydrogens (tertiary/aromatic N) is 3. The van der Waals surface area contributed by atoms with Crippen molar-refractivity contribution in [2.75, 3.05) is 51.4 Å². The Bertz CT molecular complexity index is 970. The van der Waals surface area contributed by atoms with Crippen molar-refractivity contribution in [3.05, 3.63) is 59.4 Å². The number of piperazine rings is 1. The van der Waals surface area contributed by atoms with Crippen molar-refractivity contribution in [2.24, 2.45) is 0 Å². The summed E-state index contributed by atoms with van der Waals surface area (Å²) in [5.41, 5.74) is 1.31. The fraction of sp³-hybridized carbons (Fsp3) is 0.417. The number of anilines is 1. The van der Waals surface area contributed by atoms with Gasteiger partial charge in [0.25, 0.3) is 0 Å². The maximum Gasteiger partial charge on any atom is 0.324 e. The number of Topliss-reactive ketones (excluding diaryl/α,β-unsaturated/α-hetero) is 1. The van der Waals surface area contributed by atoms with E-state index < -0.39 is 5.82 Å². The first-order valence-electron chi connectivity index (χ1n) is 10.8. The molecule has 0 atom stereocenters. The summed E-state index contributed by atoms with van der Waals surface area (Å²) in [6, 6.07) is 11.8. The number of urea groups is 1. The normalized spacial score (nSPS) is 17.0. The van der Waals surface area contributed by atoms with Gasteiger partial charge in [0.15, 0.2) is 5.78 Å². The van der Waals surface area contributed by atoms with Crippen LogP contribution in [0.15, 0.2) is 42.5 Å². The summed E-state index contributed by atoms with van der Waals surface area (Å²) < 4.78 is 25.3. The minimum Gasteiger partial charge on any atom is -0.497 e. The molecule has 0 N–H and O–H groups in total. The first-order valence-corrected chi connectivity index (χ1v) is 10.8. The van der Waals surface area contributed by atoms with Crippen LogP contribution in [-0.4, -0.2) is 74.2 Å². The molecule has 2 heterocycles. The fourth-order valence-corrected chi connectivity index (χ4v) is 3.98. The average Bonchev–Trinajstić information content (AvgIpc) is 2.77. The smallest absolute Gasteiger partial charge is 0.324 e. The molecule has 0 aliphatic carbocycles. The summed E-state index contributed by atoms with van der Waals surface area (Å²) in [6.07, 6.45) is 0. The zero-order valence-corrected chi connectivity index (χ0v) is 18.4. The van der Waals surface area contributed by atoms with Crippen molar-refractivity contribution in [1.29, 1.82) is 0 Å². The quantitative estimate of drug-likeness (QED) is 0.645. The van der Waals surface area contributed by atoms with Crippen LogP contribution in [0.5, 0.6) is 5.75 Å². The van der Waals surface area contributed by atoms with Crippen LogP contribution in [-0.2, 0) is 11.3 Å². The second kappa shape index (κ2) is 9.67. The van der Waals surface area contributed by atoms with E-state index in [-0.39, 0.29) is 18.4 Å². The molecule has 2 aromatic rings. The molecule has 7 nitrogen and oxygen atoms in total. The van der Waals surface area contributed by atoms with E-state index in [2.05, 4.69) is 4.90 Å². The first-order chi connectivity index (χ1) is 15.5. The zero-order valence-electron chi connectivity index (χ0n) is 18.4. The number of ketones is 1. The maximum absolute atomic E-state index is 14.8. The van der Waals surface area contributed by atoms with Crippen LogP contribution in [0.1, 0.15) is 22.8 Å². The Morgan fingerprint density at radius 1 is 1.09 bits per heavy atom. The van der Waals surface area contributed by atoms with Crippen LogP contribution in [0.2, 0.25) is 0 Å². The predicted octanol–water partition coefficient (Wildman–Crippen LogP) is 3.18. The molecule has 2 aliphatic heterocycles. The number of hydrogen-bond donors (Lipinski definition) is 0. The largest absolute Gasteiger partial charge is 0.497 e. The van der Waals surface area contributed by atoms with Crippen LogP contribution in [0, 0.1) is 5.82 Å². The average molecular weight is 442 g/mol. The Hall–Kier alpha value is -2.97. The van der Waals surface area contributed by atoms with Gasteiger partial charge in [0, 0.05) is 43.0 Å². The molecule has 8 heteroatoms. The lowest BCUT2D eigenvalue weighted by Crippen LogP contribution is -2.59. The van der Waals surface area contributed by atoms with E-state index in [1.165, 1.54) is 13.0 Å². The van der Waals surface area contributed by atoms with Gasteiger partial charge in [-0.15, -0.1) is 0 Å². The highest BCUT2D eigenvalue weighted by Gasteiger charge is 2.32. The number of benzene rings is 2. The predicted molar refractivity (Wildman–Crippen MR) is 119 cm³/mol. The Labute approximate surface area is 187 Å². The molecule has 2 aromatic carbocycles. The summed E-state index contributed by atoms with van der Waals surface area (Å²) in [6.45, 7) is 5.75. The van der Waals surface area contributed by atoms with Crippen LogP contribution in [0.3, 0.4) is 0 Å². The maximum atomic E-state index is 14.8. The second-order valence-corrected chi connectivity index (χ2v) is 8.14. The van der Waals surface area contributed by atoms with E-state index in [0.29, 0.717) is 41.7 Å². The number of hydrogen-bond acceptors (Lipinski definition) is 5. The van der Waals surface area contributed by atoms with Gasteiger partial charge in [0.2, 0.25) is 0 Å². The van der Waals surface area contributed by atoms with Gasteiger partial charge in [0.1, 0.15) is 11.6 Å². The molecule has 2 saturated heterocycles. The molecule has 2 fully saturated rings. The fourth-order valence-electron chi connectivity index (χ4n) is 3.98. The SMILES string of the molecule is COc1ccc(N(Cc2ccc(C(C)=O)cc2F)C(=O)N2CCN(C3COC3)CC2)cc1. The first kappa shape index (κ1) is 22.2. The third kappa shape index (κ3) is 4.76. The molecule has 0 saturated carbocycles. The van der Waals surface area contributed by atoms with Gasteiger partial charge in [-0.1, -0.05) is 12.1 Å². The minimum atomic E-state index is -0.501. The standard InChI is InChI=1S/C24H28FN3O4/c1-17(29)18-3-4-19(23(25)13-18)14-28(20-5-7-22(31-2)8-6-20)24(30)27-11-9-26(10-12-27)21-15-32-16-21/h3-8,13,21H,9-12,14-16H2,1-2H3. The number of carbonyl (C=O) groups is 2. The van der Waals surface area contributed by atoms with Crippen molar-refractivity contribution in [1.82, 2.24) is 9.80 Å². The molecular weight excluding hydrogens is 413 g/mol. The van der Waals surface area contributed by atoms with E-state index in [1.54, 1.807) is 48.4 Å². The van der Waals surface area contributed by atoms with Crippen LogP contribution >= 0.6 is 0 Å². The van der Waals surface area contributed by atoms with Crippen LogP contribution in [0.25, 0.3) is 0 Å². The third-order valence-electron chi connectivity index (χ3n) is 6.12. The minimum absolute atomic E-state index is 0.0614. The topological polar surface area (TPSA) is 62.3 Å². The zero-order chi connectivity index (χ0) is 22.7. The van der Waals surface area contributed by atoms with Gasteiger partial charge >= 0.3 is 6.03 Å². The molecular formula is C24H28FN3O4. The summed E-state index contributed by atoms with van der Waals surface area (Å²) in [7, 11) is 1.58. The lowest BCUT2D eigenvalue weighted by Gasteiger charge is -2.43. The number of amides is 2. The molecule has 0 bridgehead atoms. The Kier molecular flexibility index (Phi) is 6.72. The van der Waals surface area contributed by atoms with E-state index in [1.807, 2.05) is 4.90 Å². The highest BCUT2D eigenvalue weighted by Crippen LogP contribution is 2.25. The molecule has 0 unspecified atom stereocenters. The van der Waals surface area contributed by atoms with Crippen molar-refractivity contribution < 1.29 is 23.5 Å². The lowest BCUT2D eigenvalue weighted by atomic mass is 10.1. The Balaban J connectivity index is 1.54. The van der Waals surface area contributed by atoms with Crippen molar-refractivity contribution in [3.63, 3.8) is 0 Å². The van der Waals surface area contributed by atoms with Gasteiger partial charge in [-0.2, -0.15) is 0 Å². The van der Waals surface area contributed by atoms with Gasteiger partial charge in [-0.3, -0.25) is 14.6 Å². The van der Waals surface area contributed by atoms with Crippen molar-refractivity contribution in [2.45, 2.75) is 19.5 Å².